The highest BCUT2D eigenvalue weighted by Crippen LogP contribution is 2.42. The Hall–Kier alpha value is -3.42. The SMILES string of the molecule is O=C(NCCN1CCCC1)c1ccc(/C=C2\Sc3ccccc3N(Cc3ccc(F)cc3)C2=O)cc1. The van der Waals surface area contributed by atoms with Crippen molar-refractivity contribution in [1.29, 1.82) is 0 Å². The molecular weight excluding hydrogens is 473 g/mol. The van der Waals surface area contributed by atoms with Crippen molar-refractivity contribution in [3.05, 3.63) is 100 Å². The van der Waals surface area contributed by atoms with E-state index in [1.54, 1.807) is 29.2 Å². The number of thioether (sulfide) groups is 1. The van der Waals surface area contributed by atoms with Gasteiger partial charge in [0.1, 0.15) is 5.82 Å². The van der Waals surface area contributed by atoms with E-state index < -0.39 is 0 Å². The third kappa shape index (κ3) is 5.69. The highest BCUT2D eigenvalue weighted by Gasteiger charge is 2.29. The Morgan fingerprint density at radius 2 is 1.69 bits per heavy atom. The maximum atomic E-state index is 13.5. The maximum absolute atomic E-state index is 13.5. The second kappa shape index (κ2) is 11.1. The number of benzene rings is 3. The second-order valence-corrected chi connectivity index (χ2v) is 10.1. The van der Waals surface area contributed by atoms with Crippen LogP contribution < -0.4 is 10.2 Å². The Morgan fingerprint density at radius 3 is 2.44 bits per heavy atom. The van der Waals surface area contributed by atoms with E-state index in [-0.39, 0.29) is 17.6 Å². The van der Waals surface area contributed by atoms with E-state index >= 15 is 0 Å². The third-order valence-corrected chi connectivity index (χ3v) is 7.55. The van der Waals surface area contributed by atoms with Crippen LogP contribution in [0.15, 0.2) is 82.6 Å². The Labute approximate surface area is 215 Å². The number of nitrogens with zero attached hydrogens (tertiary/aromatic N) is 2. The summed E-state index contributed by atoms with van der Waals surface area (Å²) in [6.45, 7) is 4.10. The summed E-state index contributed by atoms with van der Waals surface area (Å²) < 4.78 is 13.4. The van der Waals surface area contributed by atoms with Crippen LogP contribution in [0, 0.1) is 5.82 Å². The molecule has 5 rings (SSSR count). The largest absolute Gasteiger partial charge is 0.351 e. The molecule has 1 saturated heterocycles. The minimum absolute atomic E-state index is 0.0871. The smallest absolute Gasteiger partial charge is 0.265 e. The topological polar surface area (TPSA) is 52.7 Å². The molecule has 0 spiro atoms. The molecule has 36 heavy (non-hydrogen) atoms. The van der Waals surface area contributed by atoms with E-state index in [1.807, 2.05) is 42.5 Å². The third-order valence-electron chi connectivity index (χ3n) is 6.47. The number of carbonyl (C=O) groups excluding carboxylic acids is 2. The van der Waals surface area contributed by atoms with Crippen LogP contribution in [-0.4, -0.2) is 42.9 Å². The number of halogens is 1. The number of amides is 2. The fourth-order valence-corrected chi connectivity index (χ4v) is 5.57. The lowest BCUT2D eigenvalue weighted by atomic mass is 10.1. The normalized spacial score (nSPS) is 16.9. The van der Waals surface area contributed by atoms with E-state index in [9.17, 15) is 14.0 Å². The van der Waals surface area contributed by atoms with Gasteiger partial charge in [0.25, 0.3) is 11.8 Å². The van der Waals surface area contributed by atoms with Gasteiger partial charge in [-0.1, -0.05) is 48.2 Å². The number of carbonyl (C=O) groups is 2. The Kier molecular flexibility index (Phi) is 7.49. The zero-order valence-electron chi connectivity index (χ0n) is 20.0. The van der Waals surface area contributed by atoms with Crippen molar-refractivity contribution in [3.8, 4) is 0 Å². The van der Waals surface area contributed by atoms with Gasteiger partial charge in [-0.2, -0.15) is 0 Å². The van der Waals surface area contributed by atoms with Crippen LogP contribution in [0.5, 0.6) is 0 Å². The average Bonchev–Trinajstić information content (AvgIpc) is 3.42. The van der Waals surface area contributed by atoms with Gasteiger partial charge in [-0.05, 0) is 79.5 Å². The molecule has 0 atom stereocenters. The standard InChI is InChI=1S/C29H28FN3O2S/c30-24-13-9-22(10-14-24)20-33-25-5-1-2-6-26(25)36-27(29(33)35)19-21-7-11-23(12-8-21)28(34)31-15-18-32-16-3-4-17-32/h1-2,5-14,19H,3-4,15-18,20H2,(H,31,34)/b27-19-. The van der Waals surface area contributed by atoms with Gasteiger partial charge < -0.3 is 15.1 Å². The summed E-state index contributed by atoms with van der Waals surface area (Å²) in [6, 6.07) is 21.3. The number of rotatable bonds is 7. The summed E-state index contributed by atoms with van der Waals surface area (Å²) in [4.78, 5) is 31.7. The molecule has 2 amide bonds. The molecule has 0 bridgehead atoms. The van der Waals surface area contributed by atoms with Crippen molar-refractivity contribution in [2.75, 3.05) is 31.1 Å². The molecule has 0 aliphatic carbocycles. The minimum atomic E-state index is -0.302. The van der Waals surface area contributed by atoms with Gasteiger partial charge >= 0.3 is 0 Å². The maximum Gasteiger partial charge on any atom is 0.265 e. The summed E-state index contributed by atoms with van der Waals surface area (Å²) in [5.74, 6) is -0.494. The Morgan fingerprint density at radius 1 is 0.972 bits per heavy atom. The zero-order valence-corrected chi connectivity index (χ0v) is 20.8. The van der Waals surface area contributed by atoms with E-state index in [4.69, 9.17) is 0 Å². The van der Waals surface area contributed by atoms with Gasteiger partial charge in [-0.25, -0.2) is 4.39 Å². The van der Waals surface area contributed by atoms with Crippen LogP contribution in [0.3, 0.4) is 0 Å². The highest BCUT2D eigenvalue weighted by molar-refractivity contribution is 8.04. The first-order chi connectivity index (χ1) is 17.6. The molecule has 2 aliphatic heterocycles. The lowest BCUT2D eigenvalue weighted by molar-refractivity contribution is -0.114. The van der Waals surface area contributed by atoms with Gasteiger partial charge in [0.05, 0.1) is 17.1 Å². The highest BCUT2D eigenvalue weighted by atomic mass is 32.2. The van der Waals surface area contributed by atoms with Gasteiger partial charge in [0, 0.05) is 23.5 Å². The molecule has 0 unspecified atom stereocenters. The van der Waals surface area contributed by atoms with Gasteiger partial charge in [-0.3, -0.25) is 9.59 Å². The van der Waals surface area contributed by atoms with E-state index in [1.165, 1.54) is 36.7 Å². The van der Waals surface area contributed by atoms with Crippen LogP contribution in [0.4, 0.5) is 10.1 Å². The van der Waals surface area contributed by atoms with Crippen molar-refractivity contribution < 1.29 is 14.0 Å². The lowest BCUT2D eigenvalue weighted by Gasteiger charge is -2.30. The second-order valence-electron chi connectivity index (χ2n) is 9.02. The Bertz CT molecular complexity index is 1270. The predicted molar refractivity (Wildman–Crippen MR) is 142 cm³/mol. The number of fused-ring (bicyclic) bond motifs is 1. The molecule has 3 aromatic rings. The number of anilines is 1. The van der Waals surface area contributed by atoms with Gasteiger partial charge in [0.2, 0.25) is 0 Å². The average molecular weight is 502 g/mol. The van der Waals surface area contributed by atoms with Crippen LogP contribution >= 0.6 is 11.8 Å². The van der Waals surface area contributed by atoms with Crippen molar-refractivity contribution >= 4 is 35.3 Å². The number of hydrogen-bond donors (Lipinski definition) is 1. The molecule has 0 saturated carbocycles. The molecule has 0 radical (unpaired) electrons. The van der Waals surface area contributed by atoms with Crippen molar-refractivity contribution in [3.63, 3.8) is 0 Å². The quantitative estimate of drug-likeness (QED) is 0.445. The fraction of sp³-hybridized carbons (Fsp3) is 0.241. The first-order valence-electron chi connectivity index (χ1n) is 12.2. The van der Waals surface area contributed by atoms with Crippen LogP contribution in [0.1, 0.15) is 34.3 Å². The van der Waals surface area contributed by atoms with Crippen molar-refractivity contribution in [2.24, 2.45) is 0 Å². The molecule has 184 valence electrons. The van der Waals surface area contributed by atoms with Gasteiger partial charge in [0.15, 0.2) is 0 Å². The van der Waals surface area contributed by atoms with Crippen molar-refractivity contribution in [2.45, 2.75) is 24.3 Å². The van der Waals surface area contributed by atoms with Gasteiger partial charge in [-0.15, -0.1) is 0 Å². The molecule has 3 aromatic carbocycles. The summed E-state index contributed by atoms with van der Waals surface area (Å²) in [6.07, 6.45) is 4.33. The predicted octanol–water partition coefficient (Wildman–Crippen LogP) is 5.33. The molecule has 1 fully saturated rings. The molecule has 5 nitrogen and oxygen atoms in total. The first-order valence-corrected chi connectivity index (χ1v) is 13.0. The van der Waals surface area contributed by atoms with E-state index in [0.717, 1.165) is 41.3 Å². The number of para-hydroxylation sites is 1. The molecule has 2 aliphatic rings. The monoisotopic (exact) mass is 501 g/mol. The molecule has 7 heteroatoms. The first kappa shape index (κ1) is 24.3. The number of hydrogen-bond acceptors (Lipinski definition) is 4. The zero-order chi connectivity index (χ0) is 24.9. The Balaban J connectivity index is 1.29. The fourth-order valence-electron chi connectivity index (χ4n) is 4.51. The van der Waals surface area contributed by atoms with Crippen LogP contribution in [0.2, 0.25) is 0 Å². The van der Waals surface area contributed by atoms with E-state index in [2.05, 4.69) is 10.2 Å². The molecular formula is C29H28FN3O2S. The molecule has 1 N–H and O–H groups in total. The van der Waals surface area contributed by atoms with Crippen LogP contribution in [0.25, 0.3) is 6.08 Å². The lowest BCUT2D eigenvalue weighted by Crippen LogP contribution is -2.33. The molecule has 0 aromatic heterocycles. The summed E-state index contributed by atoms with van der Waals surface area (Å²) in [5, 5.41) is 2.99. The summed E-state index contributed by atoms with van der Waals surface area (Å²) >= 11 is 1.44. The number of nitrogens with one attached hydrogen (secondary N) is 1. The summed E-state index contributed by atoms with van der Waals surface area (Å²) in [7, 11) is 0. The van der Waals surface area contributed by atoms with E-state index in [0.29, 0.717) is 23.6 Å². The minimum Gasteiger partial charge on any atom is -0.351 e. The van der Waals surface area contributed by atoms with Crippen LogP contribution in [-0.2, 0) is 11.3 Å². The summed E-state index contributed by atoms with van der Waals surface area (Å²) in [5.41, 5.74) is 3.14. The van der Waals surface area contributed by atoms with Crippen molar-refractivity contribution in [1.82, 2.24) is 10.2 Å². The molecule has 2 heterocycles. The number of likely N-dealkylation sites (tertiary alicyclic amines) is 1.